The van der Waals surface area contributed by atoms with E-state index in [1.807, 2.05) is 18.5 Å². The van der Waals surface area contributed by atoms with Crippen LogP contribution in [-0.2, 0) is 6.54 Å². The first kappa shape index (κ1) is 10.0. The van der Waals surface area contributed by atoms with Crippen molar-refractivity contribution in [1.82, 2.24) is 9.88 Å². The van der Waals surface area contributed by atoms with E-state index >= 15 is 0 Å². The van der Waals surface area contributed by atoms with Gasteiger partial charge < -0.3 is 0 Å². The predicted molar refractivity (Wildman–Crippen MR) is 65.0 cm³/mol. The van der Waals surface area contributed by atoms with Crippen molar-refractivity contribution < 1.29 is 0 Å². The number of pyridine rings is 1. The molecule has 0 unspecified atom stereocenters. The Morgan fingerprint density at radius 3 is 2.44 bits per heavy atom. The molecule has 1 saturated heterocycles. The molecule has 2 nitrogen and oxygen atoms in total. The normalized spacial score (nSPS) is 21.2. The first-order valence-electron chi connectivity index (χ1n) is 6.23. The smallest absolute Gasteiger partial charge is 0.0312 e. The highest BCUT2D eigenvalue weighted by molar-refractivity contribution is 5.26. The van der Waals surface area contributed by atoms with Crippen LogP contribution in [0.4, 0.5) is 0 Å². The van der Waals surface area contributed by atoms with E-state index in [9.17, 15) is 0 Å². The van der Waals surface area contributed by atoms with Gasteiger partial charge >= 0.3 is 0 Å². The Bertz CT molecular complexity index is 378. The molecule has 2 fully saturated rings. The summed E-state index contributed by atoms with van der Waals surface area (Å²) in [7, 11) is 0. The van der Waals surface area contributed by atoms with E-state index in [1.165, 1.54) is 44.3 Å². The molecule has 0 atom stereocenters. The van der Waals surface area contributed by atoms with Gasteiger partial charge in [-0.25, -0.2) is 0 Å². The van der Waals surface area contributed by atoms with Gasteiger partial charge in [-0.15, -0.1) is 0 Å². The van der Waals surface area contributed by atoms with Crippen LogP contribution in [0.1, 0.15) is 31.2 Å². The molecular weight excluding hydrogens is 196 g/mol. The van der Waals surface area contributed by atoms with Crippen LogP contribution in [-0.4, -0.2) is 23.0 Å². The Balaban J connectivity index is 1.56. The van der Waals surface area contributed by atoms with Crippen molar-refractivity contribution in [3.63, 3.8) is 0 Å². The number of aromatic nitrogens is 1. The molecule has 0 bridgehead atoms. The number of rotatable bonds is 2. The van der Waals surface area contributed by atoms with Gasteiger partial charge in [0.2, 0.25) is 0 Å². The Hall–Kier alpha value is -1.15. The van der Waals surface area contributed by atoms with Crippen LogP contribution < -0.4 is 0 Å². The van der Waals surface area contributed by atoms with Crippen LogP contribution in [0.25, 0.3) is 0 Å². The van der Waals surface area contributed by atoms with Crippen molar-refractivity contribution >= 4 is 0 Å². The van der Waals surface area contributed by atoms with Crippen LogP contribution in [0, 0.1) is 0 Å². The quantitative estimate of drug-likeness (QED) is 0.704. The molecule has 2 heterocycles. The minimum absolute atomic E-state index is 1.07. The largest absolute Gasteiger partial charge is 0.298 e. The van der Waals surface area contributed by atoms with E-state index in [0.717, 1.165) is 6.54 Å². The number of likely N-dealkylation sites (tertiary alicyclic amines) is 1. The lowest BCUT2D eigenvalue weighted by atomic mass is 10.0. The lowest BCUT2D eigenvalue weighted by Crippen LogP contribution is -2.30. The molecule has 1 aromatic heterocycles. The second-order valence-corrected chi connectivity index (χ2v) is 4.84. The summed E-state index contributed by atoms with van der Waals surface area (Å²) in [5.74, 6) is 0. The first-order chi connectivity index (χ1) is 7.92. The van der Waals surface area contributed by atoms with Gasteiger partial charge in [0.1, 0.15) is 0 Å². The van der Waals surface area contributed by atoms with Crippen molar-refractivity contribution in [2.24, 2.45) is 0 Å². The summed E-state index contributed by atoms with van der Waals surface area (Å²) in [5.41, 5.74) is 4.87. The fraction of sp³-hybridized carbons (Fsp3) is 0.500. The van der Waals surface area contributed by atoms with Crippen molar-refractivity contribution in [2.75, 3.05) is 13.1 Å². The molecule has 0 N–H and O–H groups in total. The fourth-order valence-corrected chi connectivity index (χ4v) is 2.50. The Kier molecular flexibility index (Phi) is 2.75. The number of piperidine rings is 1. The molecule has 2 aliphatic rings. The average molecular weight is 214 g/mol. The third-order valence-electron chi connectivity index (χ3n) is 3.59. The van der Waals surface area contributed by atoms with Crippen LogP contribution >= 0.6 is 0 Å². The summed E-state index contributed by atoms with van der Waals surface area (Å²) in [6, 6.07) is 4.19. The van der Waals surface area contributed by atoms with E-state index < -0.39 is 0 Å². The van der Waals surface area contributed by atoms with Crippen molar-refractivity contribution in [3.8, 4) is 0 Å². The molecule has 1 aliphatic heterocycles. The zero-order valence-corrected chi connectivity index (χ0v) is 9.65. The third kappa shape index (κ3) is 2.33. The maximum absolute atomic E-state index is 4.17. The van der Waals surface area contributed by atoms with Gasteiger partial charge in [0.05, 0.1) is 0 Å². The fourth-order valence-electron chi connectivity index (χ4n) is 2.50. The highest BCUT2D eigenvalue weighted by atomic mass is 15.1. The van der Waals surface area contributed by atoms with Crippen molar-refractivity contribution in [3.05, 3.63) is 41.2 Å². The predicted octanol–water partition coefficient (Wildman–Crippen LogP) is 2.77. The second kappa shape index (κ2) is 4.38. The molecule has 16 heavy (non-hydrogen) atoms. The topological polar surface area (TPSA) is 16.1 Å². The molecule has 84 valence electrons. The van der Waals surface area contributed by atoms with Gasteiger partial charge in [-0.1, -0.05) is 17.2 Å². The Morgan fingerprint density at radius 1 is 1.06 bits per heavy atom. The van der Waals surface area contributed by atoms with Gasteiger partial charge in [0.25, 0.3) is 0 Å². The number of hydrogen-bond acceptors (Lipinski definition) is 2. The molecule has 1 aliphatic carbocycles. The molecule has 3 rings (SSSR count). The second-order valence-electron chi connectivity index (χ2n) is 4.84. The minimum atomic E-state index is 1.07. The van der Waals surface area contributed by atoms with Crippen LogP contribution in [0.15, 0.2) is 35.7 Å². The van der Waals surface area contributed by atoms with Crippen LogP contribution in [0.2, 0.25) is 0 Å². The summed E-state index contributed by atoms with van der Waals surface area (Å²) in [6.45, 7) is 3.53. The standard InChI is InChI=1S/C14H18N2/c1-2-12(10-15-7-1)11-16-8-5-14(6-9-16)13-3-4-13/h1-2,7,10H,3-6,8-9,11H2. The number of nitrogens with zero attached hydrogens (tertiary/aromatic N) is 2. The highest BCUT2D eigenvalue weighted by Gasteiger charge is 2.21. The van der Waals surface area contributed by atoms with Gasteiger partial charge in [-0.2, -0.15) is 0 Å². The monoisotopic (exact) mass is 214 g/mol. The summed E-state index contributed by atoms with van der Waals surface area (Å²) in [5, 5.41) is 0. The Labute approximate surface area is 97.0 Å². The zero-order chi connectivity index (χ0) is 10.8. The van der Waals surface area contributed by atoms with E-state index in [1.54, 1.807) is 11.1 Å². The van der Waals surface area contributed by atoms with Gasteiger partial charge in [-0.05, 0) is 37.3 Å². The molecular formula is C14H18N2. The van der Waals surface area contributed by atoms with Gasteiger partial charge in [0.15, 0.2) is 0 Å². The minimum Gasteiger partial charge on any atom is -0.298 e. The molecule has 0 amide bonds. The van der Waals surface area contributed by atoms with E-state index in [-0.39, 0.29) is 0 Å². The Morgan fingerprint density at radius 2 is 1.81 bits per heavy atom. The lowest BCUT2D eigenvalue weighted by molar-refractivity contribution is 0.247. The highest BCUT2D eigenvalue weighted by Crippen LogP contribution is 2.36. The van der Waals surface area contributed by atoms with Crippen molar-refractivity contribution in [2.45, 2.75) is 32.2 Å². The van der Waals surface area contributed by atoms with E-state index in [0.29, 0.717) is 0 Å². The van der Waals surface area contributed by atoms with Crippen molar-refractivity contribution in [1.29, 1.82) is 0 Å². The van der Waals surface area contributed by atoms with Crippen LogP contribution in [0.5, 0.6) is 0 Å². The summed E-state index contributed by atoms with van der Waals surface area (Å²) >= 11 is 0. The molecule has 0 aromatic carbocycles. The summed E-state index contributed by atoms with van der Waals surface area (Å²) in [4.78, 5) is 6.71. The van der Waals surface area contributed by atoms with E-state index in [2.05, 4.69) is 16.0 Å². The molecule has 0 radical (unpaired) electrons. The lowest BCUT2D eigenvalue weighted by Gasteiger charge is -2.28. The third-order valence-corrected chi connectivity index (χ3v) is 3.59. The molecule has 1 saturated carbocycles. The summed E-state index contributed by atoms with van der Waals surface area (Å²) < 4.78 is 0. The zero-order valence-electron chi connectivity index (χ0n) is 9.65. The SMILES string of the molecule is c1cncc(CN2CCC(=C3CC3)CC2)c1. The molecule has 1 aromatic rings. The molecule has 2 heteroatoms. The molecule has 0 spiro atoms. The first-order valence-corrected chi connectivity index (χ1v) is 6.23. The van der Waals surface area contributed by atoms with Gasteiger partial charge in [-0.3, -0.25) is 9.88 Å². The number of hydrogen-bond donors (Lipinski definition) is 0. The van der Waals surface area contributed by atoms with E-state index in [4.69, 9.17) is 0 Å². The number of allylic oxidation sites excluding steroid dienone is 1. The van der Waals surface area contributed by atoms with Crippen LogP contribution in [0.3, 0.4) is 0 Å². The average Bonchev–Trinajstić information content (AvgIpc) is 3.15. The van der Waals surface area contributed by atoms with Gasteiger partial charge in [0, 0.05) is 32.0 Å². The maximum atomic E-state index is 4.17. The summed E-state index contributed by atoms with van der Waals surface area (Å²) in [6.07, 6.45) is 9.20. The maximum Gasteiger partial charge on any atom is 0.0312 e.